The molecule has 2 aromatic rings. The van der Waals surface area contributed by atoms with E-state index in [1.54, 1.807) is 0 Å². The van der Waals surface area contributed by atoms with E-state index < -0.39 is 5.91 Å². The van der Waals surface area contributed by atoms with Gasteiger partial charge in [-0.3, -0.25) is 10.2 Å². The first-order valence-electron chi connectivity index (χ1n) is 5.37. The van der Waals surface area contributed by atoms with Crippen LogP contribution in [0.2, 0.25) is 15.1 Å². The van der Waals surface area contributed by atoms with Gasteiger partial charge in [0.1, 0.15) is 6.61 Å². The number of nitrogens with one attached hydrogen (secondary N) is 1. The quantitative estimate of drug-likeness (QED) is 0.510. The van der Waals surface area contributed by atoms with E-state index in [0.29, 0.717) is 10.8 Å². The Labute approximate surface area is 129 Å². The molecule has 0 spiro atoms. The fraction of sp³-hybridized carbons (Fsp3) is 0.0833. The number of nitrogen functional groups attached to an aromatic ring is 1. The summed E-state index contributed by atoms with van der Waals surface area (Å²) in [5.41, 5.74) is 2.28. The zero-order valence-corrected chi connectivity index (χ0v) is 12.2. The number of rotatable bonds is 4. The van der Waals surface area contributed by atoms with Gasteiger partial charge in [-0.1, -0.05) is 34.8 Å². The highest BCUT2D eigenvalue weighted by atomic mass is 35.5. The Morgan fingerprint density at radius 1 is 1.30 bits per heavy atom. The van der Waals surface area contributed by atoms with Gasteiger partial charge in [-0.25, -0.2) is 5.84 Å². The molecule has 1 aromatic heterocycles. The van der Waals surface area contributed by atoms with Gasteiger partial charge in [-0.2, -0.15) is 0 Å². The SMILES string of the molecule is NNC(=O)c1ccoc1COc1c(Cl)cc(Cl)cc1Cl. The summed E-state index contributed by atoms with van der Waals surface area (Å²) in [4.78, 5) is 11.5. The van der Waals surface area contributed by atoms with E-state index >= 15 is 0 Å². The number of carbonyl (C=O) groups is 1. The Balaban J connectivity index is 2.18. The van der Waals surface area contributed by atoms with Crippen molar-refractivity contribution in [3.05, 3.63) is 50.9 Å². The molecule has 0 aliphatic heterocycles. The van der Waals surface area contributed by atoms with Crippen molar-refractivity contribution in [2.45, 2.75) is 6.61 Å². The second-order valence-corrected chi connectivity index (χ2v) is 4.97. The molecule has 0 aliphatic rings. The number of amides is 1. The number of hydrogen-bond donors (Lipinski definition) is 2. The molecule has 8 heteroatoms. The highest BCUT2D eigenvalue weighted by Gasteiger charge is 2.16. The van der Waals surface area contributed by atoms with Crippen molar-refractivity contribution in [3.63, 3.8) is 0 Å². The van der Waals surface area contributed by atoms with Crippen molar-refractivity contribution >= 4 is 40.7 Å². The van der Waals surface area contributed by atoms with E-state index in [1.165, 1.54) is 24.5 Å². The van der Waals surface area contributed by atoms with E-state index in [0.717, 1.165) is 0 Å². The molecule has 0 saturated carbocycles. The van der Waals surface area contributed by atoms with Crippen molar-refractivity contribution < 1.29 is 13.9 Å². The summed E-state index contributed by atoms with van der Waals surface area (Å²) in [5, 5.41) is 0.923. The number of nitrogens with two attached hydrogens (primary N) is 1. The normalized spacial score (nSPS) is 10.4. The molecule has 20 heavy (non-hydrogen) atoms. The van der Waals surface area contributed by atoms with Crippen LogP contribution >= 0.6 is 34.8 Å². The second kappa shape index (κ2) is 6.37. The fourth-order valence-corrected chi connectivity index (χ4v) is 2.46. The Morgan fingerprint density at radius 2 is 1.95 bits per heavy atom. The van der Waals surface area contributed by atoms with E-state index in [1.807, 2.05) is 5.43 Å². The number of furan rings is 1. The van der Waals surface area contributed by atoms with Crippen molar-refractivity contribution in [2.75, 3.05) is 0 Å². The van der Waals surface area contributed by atoms with Crippen LogP contribution in [-0.4, -0.2) is 5.91 Å². The molecule has 1 aromatic carbocycles. The van der Waals surface area contributed by atoms with Gasteiger partial charge in [0.05, 0.1) is 21.9 Å². The maximum atomic E-state index is 11.5. The topological polar surface area (TPSA) is 77.5 Å². The third-order valence-corrected chi connectivity index (χ3v) is 3.21. The Bertz CT molecular complexity index is 620. The van der Waals surface area contributed by atoms with Crippen LogP contribution in [0.1, 0.15) is 16.1 Å². The molecule has 5 nitrogen and oxygen atoms in total. The first-order chi connectivity index (χ1) is 9.52. The van der Waals surface area contributed by atoms with Crippen molar-refractivity contribution in [2.24, 2.45) is 5.84 Å². The standard InChI is InChI=1S/C12H9Cl3N2O3/c13-6-3-8(14)11(9(15)4-6)20-5-10-7(1-2-19-10)12(18)17-16/h1-4H,5,16H2,(H,17,18). The average molecular weight is 336 g/mol. The Morgan fingerprint density at radius 3 is 2.55 bits per heavy atom. The van der Waals surface area contributed by atoms with E-state index in [9.17, 15) is 4.79 Å². The monoisotopic (exact) mass is 334 g/mol. The van der Waals surface area contributed by atoms with Crippen LogP contribution in [0.4, 0.5) is 0 Å². The maximum Gasteiger partial charge on any atom is 0.268 e. The molecular formula is C12H9Cl3N2O3. The van der Waals surface area contributed by atoms with Gasteiger partial charge in [0.15, 0.2) is 11.5 Å². The molecule has 0 fully saturated rings. The summed E-state index contributed by atoms with van der Waals surface area (Å²) in [6, 6.07) is 4.48. The first-order valence-corrected chi connectivity index (χ1v) is 6.51. The molecule has 0 unspecified atom stereocenters. The summed E-state index contributed by atoms with van der Waals surface area (Å²) >= 11 is 17.8. The number of hydrogen-bond acceptors (Lipinski definition) is 4. The van der Waals surface area contributed by atoms with Crippen LogP contribution in [0.25, 0.3) is 0 Å². The predicted octanol–water partition coefficient (Wildman–Crippen LogP) is 3.42. The molecule has 0 radical (unpaired) electrons. The lowest BCUT2D eigenvalue weighted by atomic mass is 10.2. The average Bonchev–Trinajstić information content (AvgIpc) is 2.85. The molecule has 2 rings (SSSR count). The van der Waals surface area contributed by atoms with Crippen LogP contribution in [0, 0.1) is 0 Å². The van der Waals surface area contributed by atoms with Gasteiger partial charge < -0.3 is 9.15 Å². The minimum atomic E-state index is -0.481. The minimum Gasteiger partial charge on any atom is -0.482 e. The number of carbonyl (C=O) groups excluding carboxylic acids is 1. The molecule has 1 heterocycles. The summed E-state index contributed by atoms with van der Waals surface area (Å²) in [6.07, 6.45) is 1.36. The summed E-state index contributed by atoms with van der Waals surface area (Å²) in [6.45, 7) is -0.0309. The Kier molecular flexibility index (Phi) is 4.77. The number of ether oxygens (including phenoxy) is 1. The Hall–Kier alpha value is -1.40. The van der Waals surface area contributed by atoms with E-state index in [4.69, 9.17) is 49.8 Å². The lowest BCUT2D eigenvalue weighted by Gasteiger charge is -2.09. The highest BCUT2D eigenvalue weighted by molar-refractivity contribution is 6.40. The smallest absolute Gasteiger partial charge is 0.268 e. The second-order valence-electron chi connectivity index (χ2n) is 3.72. The van der Waals surface area contributed by atoms with E-state index in [2.05, 4.69) is 0 Å². The lowest BCUT2D eigenvalue weighted by molar-refractivity contribution is 0.0949. The van der Waals surface area contributed by atoms with Crippen LogP contribution in [-0.2, 0) is 6.61 Å². The van der Waals surface area contributed by atoms with Gasteiger partial charge in [-0.15, -0.1) is 0 Å². The van der Waals surface area contributed by atoms with Crippen molar-refractivity contribution in [1.29, 1.82) is 0 Å². The van der Waals surface area contributed by atoms with E-state index in [-0.39, 0.29) is 28.0 Å². The van der Waals surface area contributed by atoms with Crippen LogP contribution in [0.15, 0.2) is 28.9 Å². The molecule has 106 valence electrons. The number of halogens is 3. The van der Waals surface area contributed by atoms with Gasteiger partial charge in [0, 0.05) is 5.02 Å². The highest BCUT2D eigenvalue weighted by Crippen LogP contribution is 2.36. The summed E-state index contributed by atoms with van der Waals surface area (Å²) in [7, 11) is 0. The third kappa shape index (κ3) is 3.19. The molecule has 0 saturated heterocycles. The van der Waals surface area contributed by atoms with Crippen molar-refractivity contribution in [1.82, 2.24) is 5.43 Å². The van der Waals surface area contributed by atoms with Crippen LogP contribution in [0.5, 0.6) is 5.75 Å². The zero-order chi connectivity index (χ0) is 14.7. The van der Waals surface area contributed by atoms with Gasteiger partial charge in [0.25, 0.3) is 5.91 Å². The largest absolute Gasteiger partial charge is 0.482 e. The fourth-order valence-electron chi connectivity index (χ4n) is 1.54. The molecule has 0 bridgehead atoms. The summed E-state index contributed by atoms with van der Waals surface area (Å²) in [5.74, 6) is 5.14. The lowest BCUT2D eigenvalue weighted by Crippen LogP contribution is -2.30. The summed E-state index contributed by atoms with van der Waals surface area (Å²) < 4.78 is 10.6. The van der Waals surface area contributed by atoms with Crippen LogP contribution in [0.3, 0.4) is 0 Å². The number of hydrazine groups is 1. The molecule has 3 N–H and O–H groups in total. The maximum absolute atomic E-state index is 11.5. The molecule has 0 atom stereocenters. The zero-order valence-electron chi connectivity index (χ0n) is 9.95. The molecule has 0 aliphatic carbocycles. The van der Waals surface area contributed by atoms with Gasteiger partial charge >= 0.3 is 0 Å². The molecule has 1 amide bonds. The third-order valence-electron chi connectivity index (χ3n) is 2.43. The first kappa shape index (κ1) is 15.0. The molecular weight excluding hydrogens is 327 g/mol. The predicted molar refractivity (Wildman–Crippen MR) is 76.2 cm³/mol. The minimum absolute atomic E-state index is 0.0309. The van der Waals surface area contributed by atoms with Gasteiger partial charge in [-0.05, 0) is 18.2 Å². The van der Waals surface area contributed by atoms with Crippen LogP contribution < -0.4 is 16.0 Å². The number of benzene rings is 1. The van der Waals surface area contributed by atoms with Crippen molar-refractivity contribution in [3.8, 4) is 5.75 Å². The van der Waals surface area contributed by atoms with Gasteiger partial charge in [0.2, 0.25) is 0 Å².